The first-order chi connectivity index (χ1) is 11.9. The summed E-state index contributed by atoms with van der Waals surface area (Å²) in [6.07, 6.45) is 3.12. The van der Waals surface area contributed by atoms with Crippen molar-refractivity contribution in [2.45, 2.75) is 12.3 Å². The van der Waals surface area contributed by atoms with Crippen LogP contribution in [-0.4, -0.2) is 30.0 Å². The van der Waals surface area contributed by atoms with Crippen LogP contribution in [0.1, 0.15) is 18.0 Å². The molecule has 122 valence electrons. The third-order valence-electron chi connectivity index (χ3n) is 4.63. The molecule has 0 saturated carbocycles. The minimum Gasteiger partial charge on any atom is -0.497 e. The monoisotopic (exact) mass is 319 g/mol. The lowest BCUT2D eigenvalue weighted by molar-refractivity contribution is 0.415. The van der Waals surface area contributed by atoms with Crippen LogP contribution in [0.15, 0.2) is 60.8 Å². The Morgan fingerprint density at radius 3 is 2.75 bits per heavy atom. The summed E-state index contributed by atoms with van der Waals surface area (Å²) in [5.41, 5.74) is 4.72. The summed E-state index contributed by atoms with van der Waals surface area (Å²) in [7, 11) is 1.70. The number of hydrogen-bond acceptors (Lipinski definition) is 3. The Kier molecular flexibility index (Phi) is 4.05. The minimum atomic E-state index is 0.467. The molecule has 1 atom stereocenters. The standard InChI is InChI=1S/C20H21N3O/c1-24-18-9-5-6-15(12-18)19-14-22-23(17-7-3-2-4-8-17)20(19)16-10-11-21-13-16/h2-9,12,14,16,21H,10-11,13H2,1H3. The first-order valence-corrected chi connectivity index (χ1v) is 8.35. The maximum atomic E-state index is 5.39. The van der Waals surface area contributed by atoms with E-state index in [0.29, 0.717) is 5.92 Å². The fraction of sp³-hybridized carbons (Fsp3) is 0.250. The fourth-order valence-corrected chi connectivity index (χ4v) is 3.43. The summed E-state index contributed by atoms with van der Waals surface area (Å²) in [5.74, 6) is 1.34. The average molecular weight is 319 g/mol. The number of methoxy groups -OCH3 is 1. The Labute approximate surface area is 142 Å². The van der Waals surface area contributed by atoms with Crippen LogP contribution in [0.4, 0.5) is 0 Å². The van der Waals surface area contributed by atoms with Gasteiger partial charge in [-0.3, -0.25) is 0 Å². The molecule has 2 aromatic carbocycles. The van der Waals surface area contributed by atoms with Crippen LogP contribution in [0.3, 0.4) is 0 Å². The molecule has 1 aliphatic rings. The first kappa shape index (κ1) is 15.0. The maximum absolute atomic E-state index is 5.39. The average Bonchev–Trinajstić information content (AvgIpc) is 3.31. The van der Waals surface area contributed by atoms with E-state index in [-0.39, 0.29) is 0 Å². The largest absolute Gasteiger partial charge is 0.497 e. The van der Waals surface area contributed by atoms with Gasteiger partial charge in [-0.15, -0.1) is 0 Å². The zero-order chi connectivity index (χ0) is 16.4. The van der Waals surface area contributed by atoms with E-state index < -0.39 is 0 Å². The number of nitrogens with zero attached hydrogens (tertiary/aromatic N) is 2. The van der Waals surface area contributed by atoms with E-state index in [0.717, 1.165) is 36.5 Å². The summed E-state index contributed by atoms with van der Waals surface area (Å²) in [4.78, 5) is 0. The van der Waals surface area contributed by atoms with E-state index >= 15 is 0 Å². The SMILES string of the molecule is COc1cccc(-c2cnn(-c3ccccc3)c2C2CCNC2)c1. The van der Waals surface area contributed by atoms with Crippen LogP contribution in [-0.2, 0) is 0 Å². The summed E-state index contributed by atoms with van der Waals surface area (Å²) in [6.45, 7) is 2.05. The Balaban J connectivity index is 1.86. The maximum Gasteiger partial charge on any atom is 0.119 e. The van der Waals surface area contributed by atoms with Crippen LogP contribution < -0.4 is 10.1 Å². The molecular formula is C20H21N3O. The minimum absolute atomic E-state index is 0.467. The topological polar surface area (TPSA) is 39.1 Å². The van der Waals surface area contributed by atoms with E-state index in [9.17, 15) is 0 Å². The molecule has 0 bridgehead atoms. The zero-order valence-corrected chi connectivity index (χ0v) is 13.8. The molecule has 1 fully saturated rings. The first-order valence-electron chi connectivity index (χ1n) is 8.35. The molecular weight excluding hydrogens is 298 g/mol. The van der Waals surface area contributed by atoms with Crippen molar-refractivity contribution in [1.82, 2.24) is 15.1 Å². The Morgan fingerprint density at radius 2 is 2.00 bits per heavy atom. The van der Waals surface area contributed by atoms with E-state index in [1.165, 1.54) is 11.3 Å². The van der Waals surface area contributed by atoms with Gasteiger partial charge in [-0.05, 0) is 42.8 Å². The van der Waals surface area contributed by atoms with Crippen LogP contribution in [0, 0.1) is 0 Å². The predicted molar refractivity (Wildman–Crippen MR) is 95.8 cm³/mol. The molecule has 4 nitrogen and oxygen atoms in total. The number of ether oxygens (including phenoxy) is 1. The van der Waals surface area contributed by atoms with E-state index in [4.69, 9.17) is 9.84 Å². The Morgan fingerprint density at radius 1 is 1.12 bits per heavy atom. The zero-order valence-electron chi connectivity index (χ0n) is 13.8. The van der Waals surface area contributed by atoms with Gasteiger partial charge in [0, 0.05) is 18.0 Å². The highest BCUT2D eigenvalue weighted by Gasteiger charge is 2.25. The molecule has 0 radical (unpaired) electrons. The molecule has 1 aliphatic heterocycles. The van der Waals surface area contributed by atoms with Gasteiger partial charge < -0.3 is 10.1 Å². The number of rotatable bonds is 4. The van der Waals surface area contributed by atoms with Gasteiger partial charge in [0.25, 0.3) is 0 Å². The fourth-order valence-electron chi connectivity index (χ4n) is 3.43. The van der Waals surface area contributed by atoms with Gasteiger partial charge >= 0.3 is 0 Å². The lowest BCUT2D eigenvalue weighted by Gasteiger charge is -2.15. The van der Waals surface area contributed by atoms with E-state index in [1.54, 1.807) is 7.11 Å². The Hall–Kier alpha value is -2.59. The van der Waals surface area contributed by atoms with Crippen molar-refractivity contribution in [1.29, 1.82) is 0 Å². The van der Waals surface area contributed by atoms with E-state index in [2.05, 4.69) is 46.4 Å². The molecule has 2 heterocycles. The molecule has 1 N–H and O–H groups in total. The van der Waals surface area contributed by atoms with Crippen molar-refractivity contribution >= 4 is 0 Å². The normalized spacial score (nSPS) is 17.1. The summed E-state index contributed by atoms with van der Waals surface area (Å²) in [5, 5.41) is 8.19. The smallest absolute Gasteiger partial charge is 0.119 e. The summed E-state index contributed by atoms with van der Waals surface area (Å²) < 4.78 is 7.48. The quantitative estimate of drug-likeness (QED) is 0.798. The van der Waals surface area contributed by atoms with Crippen molar-refractivity contribution in [2.75, 3.05) is 20.2 Å². The second kappa shape index (κ2) is 6.49. The van der Waals surface area contributed by atoms with Crippen LogP contribution >= 0.6 is 0 Å². The number of benzene rings is 2. The molecule has 0 aliphatic carbocycles. The van der Waals surface area contributed by atoms with Crippen molar-refractivity contribution in [2.24, 2.45) is 0 Å². The second-order valence-corrected chi connectivity index (χ2v) is 6.11. The van der Waals surface area contributed by atoms with Gasteiger partial charge in [-0.1, -0.05) is 30.3 Å². The molecule has 1 saturated heterocycles. The number of hydrogen-bond donors (Lipinski definition) is 1. The molecule has 3 aromatic rings. The molecule has 1 unspecified atom stereocenters. The van der Waals surface area contributed by atoms with Gasteiger partial charge in [0.05, 0.1) is 24.7 Å². The molecule has 0 amide bonds. The highest BCUT2D eigenvalue weighted by atomic mass is 16.5. The van der Waals surface area contributed by atoms with Crippen molar-refractivity contribution < 1.29 is 4.74 Å². The Bertz CT molecular complexity index is 820. The predicted octanol–water partition coefficient (Wildman–Crippen LogP) is 3.62. The number of para-hydroxylation sites is 1. The van der Waals surface area contributed by atoms with Gasteiger partial charge in [0.15, 0.2) is 0 Å². The van der Waals surface area contributed by atoms with Gasteiger partial charge in [0.2, 0.25) is 0 Å². The molecule has 1 aromatic heterocycles. The van der Waals surface area contributed by atoms with Crippen molar-refractivity contribution in [3.8, 4) is 22.6 Å². The van der Waals surface area contributed by atoms with Crippen LogP contribution in [0.25, 0.3) is 16.8 Å². The highest BCUT2D eigenvalue weighted by molar-refractivity contribution is 5.68. The van der Waals surface area contributed by atoms with E-state index in [1.807, 2.05) is 24.4 Å². The lowest BCUT2D eigenvalue weighted by Crippen LogP contribution is -2.12. The summed E-state index contributed by atoms with van der Waals surface area (Å²) in [6, 6.07) is 18.6. The third-order valence-corrected chi connectivity index (χ3v) is 4.63. The highest BCUT2D eigenvalue weighted by Crippen LogP contribution is 2.35. The van der Waals surface area contributed by atoms with Gasteiger partial charge in [-0.25, -0.2) is 4.68 Å². The summed E-state index contributed by atoms with van der Waals surface area (Å²) >= 11 is 0. The van der Waals surface area contributed by atoms with Gasteiger partial charge in [-0.2, -0.15) is 5.10 Å². The molecule has 4 heteroatoms. The van der Waals surface area contributed by atoms with Crippen LogP contribution in [0.2, 0.25) is 0 Å². The molecule has 24 heavy (non-hydrogen) atoms. The van der Waals surface area contributed by atoms with Crippen molar-refractivity contribution in [3.63, 3.8) is 0 Å². The van der Waals surface area contributed by atoms with Crippen LogP contribution in [0.5, 0.6) is 5.75 Å². The molecule has 0 spiro atoms. The second-order valence-electron chi connectivity index (χ2n) is 6.11. The lowest BCUT2D eigenvalue weighted by atomic mass is 9.96. The van der Waals surface area contributed by atoms with Crippen molar-refractivity contribution in [3.05, 3.63) is 66.5 Å². The third kappa shape index (κ3) is 2.69. The molecule has 4 rings (SSSR count). The van der Waals surface area contributed by atoms with Gasteiger partial charge in [0.1, 0.15) is 5.75 Å². The number of aromatic nitrogens is 2. The number of nitrogens with one attached hydrogen (secondary N) is 1.